The molecule has 1 atom stereocenters. The van der Waals surface area contributed by atoms with Gasteiger partial charge >= 0.3 is 0 Å². The Kier molecular flexibility index (Phi) is 5.11. The van der Waals surface area contributed by atoms with Crippen LogP contribution >= 0.6 is 0 Å². The molecule has 146 valence electrons. The molecule has 4 rings (SSSR count). The van der Waals surface area contributed by atoms with E-state index in [-0.39, 0.29) is 11.9 Å². The van der Waals surface area contributed by atoms with Gasteiger partial charge in [0.25, 0.3) is 0 Å². The first-order valence-corrected chi connectivity index (χ1v) is 9.42. The fourth-order valence-corrected chi connectivity index (χ4v) is 3.66. The molecule has 2 aromatic heterocycles. The first kappa shape index (κ1) is 18.6. The summed E-state index contributed by atoms with van der Waals surface area (Å²) in [5.74, 6) is 0.0682. The van der Waals surface area contributed by atoms with Gasteiger partial charge in [-0.2, -0.15) is 4.98 Å². The molecule has 3 aromatic rings. The molecule has 7 heteroatoms. The summed E-state index contributed by atoms with van der Waals surface area (Å²) in [6.07, 6.45) is 5.41. The van der Waals surface area contributed by atoms with Crippen LogP contribution in [-0.4, -0.2) is 43.7 Å². The molecule has 6 nitrogen and oxygen atoms in total. The fourth-order valence-electron chi connectivity index (χ4n) is 3.66. The average Bonchev–Trinajstić information content (AvgIpc) is 3.25. The first-order chi connectivity index (χ1) is 13.5. The molecule has 0 aliphatic carbocycles. The van der Waals surface area contributed by atoms with E-state index in [1.165, 1.54) is 6.20 Å². The summed E-state index contributed by atoms with van der Waals surface area (Å²) in [5.41, 5.74) is 4.19. The number of nitrogens with one attached hydrogen (secondary N) is 1. The molecular weight excluding hydrogens is 357 g/mol. The van der Waals surface area contributed by atoms with Crippen LogP contribution in [0.25, 0.3) is 5.82 Å². The molecule has 1 fully saturated rings. The van der Waals surface area contributed by atoms with Crippen LogP contribution in [-0.2, 0) is 6.54 Å². The van der Waals surface area contributed by atoms with Gasteiger partial charge in [-0.15, -0.1) is 0 Å². The highest BCUT2D eigenvalue weighted by molar-refractivity contribution is 5.56. The number of aromatic nitrogens is 3. The zero-order valence-corrected chi connectivity index (χ0v) is 16.1. The van der Waals surface area contributed by atoms with Gasteiger partial charge < -0.3 is 15.0 Å². The van der Waals surface area contributed by atoms with Crippen LogP contribution < -0.4 is 5.32 Å². The molecule has 28 heavy (non-hydrogen) atoms. The average molecular weight is 381 g/mol. The predicted octanol–water partition coefficient (Wildman–Crippen LogP) is 3.33. The Balaban J connectivity index is 1.54. The van der Waals surface area contributed by atoms with E-state index >= 15 is 0 Å². The van der Waals surface area contributed by atoms with E-state index in [1.807, 2.05) is 38.2 Å². The van der Waals surface area contributed by atoms with Gasteiger partial charge in [-0.1, -0.05) is 6.07 Å². The second kappa shape index (κ2) is 7.69. The number of hydrogen-bond donors (Lipinski definition) is 2. The lowest BCUT2D eigenvalue weighted by atomic mass is 10.1. The van der Waals surface area contributed by atoms with E-state index in [0.29, 0.717) is 12.5 Å². The SMILES string of the molecule is Cc1cc(C)cc(Nc2ncc(F)c(-n3ccc(CN4CC[C@@H](O)C4)c3)n2)c1. The number of rotatable bonds is 5. The van der Waals surface area contributed by atoms with Crippen molar-refractivity contribution in [2.24, 2.45) is 0 Å². The van der Waals surface area contributed by atoms with Crippen molar-refractivity contribution in [3.05, 3.63) is 65.4 Å². The van der Waals surface area contributed by atoms with Gasteiger partial charge in [0.1, 0.15) is 0 Å². The molecule has 1 saturated heterocycles. The first-order valence-electron chi connectivity index (χ1n) is 9.42. The molecule has 1 aromatic carbocycles. The van der Waals surface area contributed by atoms with Crippen molar-refractivity contribution >= 4 is 11.6 Å². The van der Waals surface area contributed by atoms with Gasteiger partial charge in [0, 0.05) is 37.7 Å². The highest BCUT2D eigenvalue weighted by Crippen LogP contribution is 2.20. The van der Waals surface area contributed by atoms with Gasteiger partial charge in [-0.05, 0) is 55.2 Å². The maximum atomic E-state index is 14.4. The van der Waals surface area contributed by atoms with E-state index in [2.05, 4.69) is 26.3 Å². The summed E-state index contributed by atoms with van der Waals surface area (Å²) < 4.78 is 16.0. The Morgan fingerprint density at radius 3 is 2.75 bits per heavy atom. The normalized spacial score (nSPS) is 17.2. The summed E-state index contributed by atoms with van der Waals surface area (Å²) in [7, 11) is 0. The minimum atomic E-state index is -0.482. The lowest BCUT2D eigenvalue weighted by molar-refractivity contribution is 0.175. The van der Waals surface area contributed by atoms with E-state index < -0.39 is 5.82 Å². The summed E-state index contributed by atoms with van der Waals surface area (Å²) in [5, 5.41) is 12.8. The fraction of sp³-hybridized carbons (Fsp3) is 0.333. The third kappa shape index (κ3) is 4.21. The quantitative estimate of drug-likeness (QED) is 0.710. The maximum absolute atomic E-state index is 14.4. The summed E-state index contributed by atoms with van der Waals surface area (Å²) in [6, 6.07) is 8.03. The summed E-state index contributed by atoms with van der Waals surface area (Å²) in [4.78, 5) is 10.6. The van der Waals surface area contributed by atoms with Crippen LogP contribution in [0, 0.1) is 19.7 Å². The smallest absolute Gasteiger partial charge is 0.229 e. The van der Waals surface area contributed by atoms with Crippen molar-refractivity contribution in [3.8, 4) is 5.82 Å². The Hall–Kier alpha value is -2.77. The molecule has 0 bridgehead atoms. The number of halogens is 1. The number of likely N-dealkylation sites (tertiary alicyclic amines) is 1. The van der Waals surface area contributed by atoms with Crippen molar-refractivity contribution in [2.75, 3.05) is 18.4 Å². The van der Waals surface area contributed by atoms with Crippen LogP contribution in [0.2, 0.25) is 0 Å². The Bertz CT molecular complexity index is 966. The molecule has 2 N–H and O–H groups in total. The zero-order valence-electron chi connectivity index (χ0n) is 16.1. The number of β-amino-alcohol motifs (C(OH)–C–C–N with tert-alkyl or cyclic N) is 1. The standard InChI is InChI=1S/C21H24FN5O/c1-14-7-15(2)9-17(8-14)24-21-23-10-19(22)20(25-21)27-6-3-16(12-27)11-26-5-4-18(28)13-26/h3,6-10,12,18,28H,4-5,11,13H2,1-2H3,(H,23,24,25)/t18-/m1/s1. The van der Waals surface area contributed by atoms with Crippen LogP contribution in [0.1, 0.15) is 23.1 Å². The highest BCUT2D eigenvalue weighted by atomic mass is 19.1. The van der Waals surface area contributed by atoms with Crippen LogP contribution in [0.15, 0.2) is 42.9 Å². The van der Waals surface area contributed by atoms with Gasteiger partial charge in [0.2, 0.25) is 5.95 Å². The van der Waals surface area contributed by atoms with Crippen molar-refractivity contribution in [1.82, 2.24) is 19.4 Å². The highest BCUT2D eigenvalue weighted by Gasteiger charge is 2.20. The zero-order chi connectivity index (χ0) is 19.7. The molecule has 0 radical (unpaired) electrons. The third-order valence-corrected chi connectivity index (χ3v) is 4.86. The van der Waals surface area contributed by atoms with Crippen molar-refractivity contribution in [3.63, 3.8) is 0 Å². The van der Waals surface area contributed by atoms with E-state index in [9.17, 15) is 9.50 Å². The molecule has 0 amide bonds. The van der Waals surface area contributed by atoms with Crippen LogP contribution in [0.4, 0.5) is 16.0 Å². The number of benzene rings is 1. The molecule has 0 spiro atoms. The van der Waals surface area contributed by atoms with E-state index in [1.54, 1.807) is 10.8 Å². The Morgan fingerprint density at radius 1 is 1.25 bits per heavy atom. The monoisotopic (exact) mass is 381 g/mol. The van der Waals surface area contributed by atoms with Crippen LogP contribution in [0.3, 0.4) is 0 Å². The molecular formula is C21H24FN5O. The van der Waals surface area contributed by atoms with Crippen molar-refractivity contribution in [2.45, 2.75) is 32.9 Å². The number of anilines is 2. The molecule has 0 saturated carbocycles. The van der Waals surface area contributed by atoms with Crippen molar-refractivity contribution < 1.29 is 9.50 Å². The van der Waals surface area contributed by atoms with Gasteiger partial charge in [0.05, 0.1) is 12.3 Å². The summed E-state index contributed by atoms with van der Waals surface area (Å²) >= 11 is 0. The molecule has 0 unspecified atom stereocenters. The van der Waals surface area contributed by atoms with Gasteiger partial charge in [0.15, 0.2) is 11.6 Å². The van der Waals surface area contributed by atoms with E-state index in [4.69, 9.17) is 0 Å². The minimum absolute atomic E-state index is 0.203. The number of aliphatic hydroxyl groups is 1. The molecule has 1 aliphatic rings. The maximum Gasteiger partial charge on any atom is 0.229 e. The van der Waals surface area contributed by atoms with Gasteiger partial charge in [-0.25, -0.2) is 9.37 Å². The van der Waals surface area contributed by atoms with E-state index in [0.717, 1.165) is 41.9 Å². The number of aryl methyl sites for hydroxylation is 2. The molecule has 3 heterocycles. The third-order valence-electron chi connectivity index (χ3n) is 4.86. The lowest BCUT2D eigenvalue weighted by Crippen LogP contribution is -2.21. The van der Waals surface area contributed by atoms with Crippen LogP contribution in [0.5, 0.6) is 0 Å². The Morgan fingerprint density at radius 2 is 2.04 bits per heavy atom. The van der Waals surface area contributed by atoms with Crippen molar-refractivity contribution in [1.29, 1.82) is 0 Å². The number of hydrogen-bond acceptors (Lipinski definition) is 5. The topological polar surface area (TPSA) is 66.2 Å². The van der Waals surface area contributed by atoms with Gasteiger partial charge in [-0.3, -0.25) is 4.90 Å². The predicted molar refractivity (Wildman–Crippen MR) is 106 cm³/mol. The largest absolute Gasteiger partial charge is 0.392 e. The molecule has 1 aliphatic heterocycles. The summed E-state index contributed by atoms with van der Waals surface area (Å²) in [6.45, 7) is 6.32. The minimum Gasteiger partial charge on any atom is -0.392 e. The number of nitrogens with zero attached hydrogens (tertiary/aromatic N) is 4. The second-order valence-corrected chi connectivity index (χ2v) is 7.47. The second-order valence-electron chi connectivity index (χ2n) is 7.47. The Labute approximate surface area is 163 Å². The number of aliphatic hydroxyl groups excluding tert-OH is 1. The lowest BCUT2D eigenvalue weighted by Gasteiger charge is -2.13.